The lowest BCUT2D eigenvalue weighted by atomic mass is 10.0. The molecule has 0 spiro atoms. The van der Waals surface area contributed by atoms with E-state index in [0.717, 1.165) is 10.0 Å². The van der Waals surface area contributed by atoms with Gasteiger partial charge in [-0.05, 0) is 40.5 Å². The molecule has 17 heavy (non-hydrogen) atoms. The van der Waals surface area contributed by atoms with Gasteiger partial charge in [0.15, 0.2) is 0 Å². The zero-order valence-corrected chi connectivity index (χ0v) is 11.0. The van der Waals surface area contributed by atoms with Gasteiger partial charge in [0.05, 0.1) is 0 Å². The van der Waals surface area contributed by atoms with Crippen molar-refractivity contribution < 1.29 is 13.2 Å². The van der Waals surface area contributed by atoms with Gasteiger partial charge in [-0.25, -0.2) is 0 Å². The Bertz CT molecular complexity index is 355. The summed E-state index contributed by atoms with van der Waals surface area (Å²) >= 11 is 3.26. The van der Waals surface area contributed by atoms with Crippen molar-refractivity contribution in [2.45, 2.75) is 32.0 Å². The van der Waals surface area contributed by atoms with Crippen LogP contribution in [0.2, 0.25) is 0 Å². The highest BCUT2D eigenvalue weighted by Gasteiger charge is 2.28. The largest absolute Gasteiger partial charge is 0.389 e. The lowest BCUT2D eigenvalue weighted by Crippen LogP contribution is -2.23. The average molecular weight is 311 g/mol. The van der Waals surface area contributed by atoms with Crippen LogP contribution in [0.4, 0.5) is 13.2 Å². The van der Waals surface area contributed by atoms with Crippen molar-refractivity contribution in [2.75, 3.05) is 6.54 Å². The van der Waals surface area contributed by atoms with Gasteiger partial charge in [0.25, 0.3) is 0 Å². The minimum Gasteiger partial charge on any atom is -0.310 e. The van der Waals surface area contributed by atoms with Crippen LogP contribution < -0.4 is 5.32 Å². The molecule has 0 bridgehead atoms. The van der Waals surface area contributed by atoms with Gasteiger partial charge in [0.1, 0.15) is 0 Å². The van der Waals surface area contributed by atoms with Crippen LogP contribution in [0.25, 0.3) is 0 Å². The summed E-state index contributed by atoms with van der Waals surface area (Å²) < 4.78 is 37.4. The maximum Gasteiger partial charge on any atom is 0.389 e. The Morgan fingerprint density at radius 1 is 1.41 bits per heavy atom. The van der Waals surface area contributed by atoms with Gasteiger partial charge in [-0.3, -0.25) is 4.98 Å². The van der Waals surface area contributed by atoms with Crippen molar-refractivity contribution in [3.8, 4) is 0 Å². The first-order valence-corrected chi connectivity index (χ1v) is 6.12. The molecule has 0 radical (unpaired) electrons. The molecule has 0 aliphatic rings. The molecular formula is C11H14BrF3N2. The van der Waals surface area contributed by atoms with Crippen LogP contribution in [0, 0.1) is 0 Å². The maximum atomic E-state index is 12.2. The first-order chi connectivity index (χ1) is 7.92. The van der Waals surface area contributed by atoms with Gasteiger partial charge in [-0.2, -0.15) is 13.2 Å². The molecule has 1 unspecified atom stereocenters. The summed E-state index contributed by atoms with van der Waals surface area (Å²) in [5.41, 5.74) is 0.769. The molecule has 1 aromatic rings. The third-order valence-electron chi connectivity index (χ3n) is 2.30. The number of hydrogen-bond donors (Lipinski definition) is 1. The second-order valence-corrected chi connectivity index (χ2v) is 4.62. The van der Waals surface area contributed by atoms with Crippen LogP contribution in [0.15, 0.2) is 22.9 Å². The van der Waals surface area contributed by atoms with E-state index in [4.69, 9.17) is 0 Å². The second-order valence-electron chi connectivity index (χ2n) is 3.70. The maximum absolute atomic E-state index is 12.2. The van der Waals surface area contributed by atoms with E-state index >= 15 is 0 Å². The smallest absolute Gasteiger partial charge is 0.310 e. The zero-order chi connectivity index (χ0) is 12.9. The number of nitrogens with one attached hydrogen (secondary N) is 1. The first-order valence-electron chi connectivity index (χ1n) is 5.33. The van der Waals surface area contributed by atoms with Crippen LogP contribution in [-0.2, 0) is 0 Å². The fraction of sp³-hybridized carbons (Fsp3) is 0.545. The summed E-state index contributed by atoms with van der Waals surface area (Å²) in [6.45, 7) is 2.49. The standard InChI is InChI=1S/C11H14BrF3N2/c1-2-17-10(3-4-11(13,14)15)8-5-9(12)7-16-6-8/h5-7,10,17H,2-4H2,1H3. The summed E-state index contributed by atoms with van der Waals surface area (Å²) in [7, 11) is 0. The van der Waals surface area contributed by atoms with E-state index in [1.54, 1.807) is 18.5 Å². The molecule has 0 aliphatic carbocycles. The van der Waals surface area contributed by atoms with Crippen molar-refractivity contribution in [3.05, 3.63) is 28.5 Å². The van der Waals surface area contributed by atoms with E-state index in [2.05, 4.69) is 26.2 Å². The van der Waals surface area contributed by atoms with Crippen molar-refractivity contribution in [1.82, 2.24) is 10.3 Å². The molecule has 6 heteroatoms. The molecule has 1 N–H and O–H groups in total. The Labute approximate surface area is 107 Å². The normalized spacial score (nSPS) is 13.7. The number of halogens is 4. The summed E-state index contributed by atoms with van der Waals surface area (Å²) in [5, 5.41) is 3.04. The number of hydrogen-bond acceptors (Lipinski definition) is 2. The first kappa shape index (κ1) is 14.4. The van der Waals surface area contributed by atoms with E-state index in [1.807, 2.05) is 6.92 Å². The van der Waals surface area contributed by atoms with E-state index in [1.165, 1.54) is 0 Å². The molecule has 2 nitrogen and oxygen atoms in total. The number of rotatable bonds is 5. The molecule has 1 aromatic heterocycles. The summed E-state index contributed by atoms with van der Waals surface area (Å²) in [6.07, 6.45) is -1.69. The fourth-order valence-electron chi connectivity index (χ4n) is 1.56. The van der Waals surface area contributed by atoms with Crippen LogP contribution in [0.3, 0.4) is 0 Å². The van der Waals surface area contributed by atoms with Crippen LogP contribution >= 0.6 is 15.9 Å². The Balaban J connectivity index is 2.71. The number of pyridine rings is 1. The van der Waals surface area contributed by atoms with Crippen LogP contribution in [0.1, 0.15) is 31.4 Å². The molecular weight excluding hydrogens is 297 g/mol. The van der Waals surface area contributed by atoms with Gasteiger partial charge in [-0.1, -0.05) is 6.92 Å². The summed E-state index contributed by atoms with van der Waals surface area (Å²) in [5.74, 6) is 0. The number of aromatic nitrogens is 1. The van der Waals surface area contributed by atoms with E-state index < -0.39 is 12.6 Å². The van der Waals surface area contributed by atoms with Crippen molar-refractivity contribution in [1.29, 1.82) is 0 Å². The molecule has 1 heterocycles. The third kappa shape index (κ3) is 5.50. The summed E-state index contributed by atoms with van der Waals surface area (Å²) in [4.78, 5) is 3.96. The molecule has 0 saturated heterocycles. The Hall–Kier alpha value is -0.620. The van der Waals surface area contributed by atoms with Gasteiger partial charge < -0.3 is 5.32 Å². The second kappa shape index (κ2) is 6.35. The van der Waals surface area contributed by atoms with Gasteiger partial charge in [-0.15, -0.1) is 0 Å². The summed E-state index contributed by atoms with van der Waals surface area (Å²) in [6, 6.07) is 1.48. The van der Waals surface area contributed by atoms with Gasteiger partial charge >= 0.3 is 6.18 Å². The van der Waals surface area contributed by atoms with Crippen molar-refractivity contribution in [3.63, 3.8) is 0 Å². The lowest BCUT2D eigenvalue weighted by molar-refractivity contribution is -0.136. The Morgan fingerprint density at radius 3 is 2.65 bits per heavy atom. The van der Waals surface area contributed by atoms with Crippen molar-refractivity contribution in [2.24, 2.45) is 0 Å². The van der Waals surface area contributed by atoms with E-state index in [0.29, 0.717) is 6.54 Å². The number of alkyl halides is 3. The minimum absolute atomic E-state index is 0.0233. The van der Waals surface area contributed by atoms with E-state index in [-0.39, 0.29) is 12.5 Å². The highest BCUT2D eigenvalue weighted by molar-refractivity contribution is 9.10. The molecule has 1 atom stereocenters. The molecule has 0 amide bonds. The predicted molar refractivity (Wildman–Crippen MR) is 63.6 cm³/mol. The predicted octanol–water partition coefficient (Wildman–Crippen LogP) is 3.84. The van der Waals surface area contributed by atoms with Gasteiger partial charge in [0.2, 0.25) is 0 Å². The molecule has 0 fully saturated rings. The molecule has 0 aliphatic heterocycles. The molecule has 1 rings (SSSR count). The van der Waals surface area contributed by atoms with Crippen molar-refractivity contribution >= 4 is 15.9 Å². The third-order valence-corrected chi connectivity index (χ3v) is 2.73. The van der Waals surface area contributed by atoms with E-state index in [9.17, 15) is 13.2 Å². The lowest BCUT2D eigenvalue weighted by Gasteiger charge is -2.19. The van der Waals surface area contributed by atoms with Crippen LogP contribution in [0.5, 0.6) is 0 Å². The molecule has 0 saturated carbocycles. The zero-order valence-electron chi connectivity index (χ0n) is 9.39. The van der Waals surface area contributed by atoms with Gasteiger partial charge in [0, 0.05) is 29.3 Å². The highest BCUT2D eigenvalue weighted by atomic mass is 79.9. The topological polar surface area (TPSA) is 24.9 Å². The monoisotopic (exact) mass is 310 g/mol. The average Bonchev–Trinajstić information content (AvgIpc) is 2.23. The highest BCUT2D eigenvalue weighted by Crippen LogP contribution is 2.28. The molecule has 96 valence electrons. The Kier molecular flexibility index (Phi) is 5.39. The SMILES string of the molecule is CCNC(CCC(F)(F)F)c1cncc(Br)c1. The Morgan fingerprint density at radius 2 is 2.12 bits per heavy atom. The fourth-order valence-corrected chi connectivity index (χ4v) is 1.94. The minimum atomic E-state index is -4.12. The van der Waals surface area contributed by atoms with Crippen LogP contribution in [-0.4, -0.2) is 17.7 Å². The number of nitrogens with zero attached hydrogens (tertiary/aromatic N) is 1. The molecule has 0 aromatic carbocycles. The quantitative estimate of drug-likeness (QED) is 0.894.